The molecule has 0 aliphatic carbocycles. The van der Waals surface area contributed by atoms with Crippen LogP contribution in [-0.4, -0.2) is 30.1 Å². The molecule has 3 nitrogen and oxygen atoms in total. The predicted octanol–water partition coefficient (Wildman–Crippen LogP) is -1.09. The summed E-state index contributed by atoms with van der Waals surface area (Å²) in [7, 11) is 0. The zero-order chi connectivity index (χ0) is 5.98. The summed E-state index contributed by atoms with van der Waals surface area (Å²) in [4.78, 5) is 10.00. The molecule has 1 unspecified atom stereocenters. The summed E-state index contributed by atoms with van der Waals surface area (Å²) in [6, 6.07) is -0.310. The number of aliphatic hydroxyl groups excluding tert-OH is 1. The molecule has 0 spiro atoms. The summed E-state index contributed by atoms with van der Waals surface area (Å²) in [6.07, 6.45) is 0.994. The first-order valence-corrected chi connectivity index (χ1v) is 2.71. The number of aliphatic hydroxyl groups is 1. The van der Waals surface area contributed by atoms with E-state index in [1.165, 1.54) is 0 Å². The standard InChI is InChI=1S/C5H9NO2/c7-3-4-5(8)1-2-6-4/h3-6,8H,1-2H2/t4?,5-/m1/s1. The number of rotatable bonds is 1. The zero-order valence-corrected chi connectivity index (χ0v) is 4.50. The van der Waals surface area contributed by atoms with Crippen LogP contribution < -0.4 is 5.32 Å². The Kier molecular flexibility index (Phi) is 1.60. The van der Waals surface area contributed by atoms with Gasteiger partial charge in [0, 0.05) is 0 Å². The van der Waals surface area contributed by atoms with Gasteiger partial charge in [0.25, 0.3) is 0 Å². The molecule has 46 valence electrons. The first-order chi connectivity index (χ1) is 3.84. The van der Waals surface area contributed by atoms with E-state index in [2.05, 4.69) is 5.32 Å². The van der Waals surface area contributed by atoms with E-state index in [1.807, 2.05) is 0 Å². The molecule has 1 fully saturated rings. The van der Waals surface area contributed by atoms with E-state index in [0.717, 1.165) is 12.8 Å². The smallest absolute Gasteiger partial charge is 0.139 e. The Labute approximate surface area is 47.7 Å². The van der Waals surface area contributed by atoms with Gasteiger partial charge in [0.1, 0.15) is 6.29 Å². The Balaban J connectivity index is 2.41. The number of carbonyl (C=O) groups excluding carboxylic acids is 1. The van der Waals surface area contributed by atoms with Crippen LogP contribution in [0.3, 0.4) is 0 Å². The number of nitrogens with one attached hydrogen (secondary N) is 1. The molecule has 1 aliphatic heterocycles. The summed E-state index contributed by atoms with van der Waals surface area (Å²) in [5, 5.41) is 11.7. The van der Waals surface area contributed by atoms with Gasteiger partial charge in [-0.2, -0.15) is 0 Å². The largest absolute Gasteiger partial charge is 0.391 e. The number of aldehydes is 1. The normalized spacial score (nSPS) is 37.6. The van der Waals surface area contributed by atoms with Crippen molar-refractivity contribution in [3.63, 3.8) is 0 Å². The fraction of sp³-hybridized carbons (Fsp3) is 0.800. The molecule has 1 saturated heterocycles. The first kappa shape index (κ1) is 5.72. The summed E-state index contributed by atoms with van der Waals surface area (Å²) in [5.74, 6) is 0. The van der Waals surface area contributed by atoms with Gasteiger partial charge in [-0.05, 0) is 13.0 Å². The van der Waals surface area contributed by atoms with Crippen molar-refractivity contribution in [3.05, 3.63) is 0 Å². The van der Waals surface area contributed by atoms with E-state index in [4.69, 9.17) is 5.11 Å². The number of hydrogen-bond donors (Lipinski definition) is 2. The average Bonchev–Trinajstić information content (AvgIpc) is 2.14. The van der Waals surface area contributed by atoms with E-state index in [-0.39, 0.29) is 6.04 Å². The van der Waals surface area contributed by atoms with Crippen LogP contribution in [0, 0.1) is 0 Å². The Morgan fingerprint density at radius 1 is 1.75 bits per heavy atom. The molecule has 0 amide bonds. The van der Waals surface area contributed by atoms with Gasteiger partial charge in [0.05, 0.1) is 12.1 Å². The highest BCUT2D eigenvalue weighted by Crippen LogP contribution is 2.02. The van der Waals surface area contributed by atoms with E-state index in [9.17, 15) is 4.79 Å². The summed E-state index contributed by atoms with van der Waals surface area (Å²) >= 11 is 0. The minimum absolute atomic E-state index is 0.310. The number of carbonyl (C=O) groups is 1. The SMILES string of the molecule is O=CC1NCC[C@H]1O. The molecule has 3 heteroatoms. The average molecular weight is 115 g/mol. The molecule has 8 heavy (non-hydrogen) atoms. The Morgan fingerprint density at radius 3 is 2.75 bits per heavy atom. The van der Waals surface area contributed by atoms with Crippen LogP contribution in [0.4, 0.5) is 0 Å². The third-order valence-electron chi connectivity index (χ3n) is 1.38. The Hall–Kier alpha value is -0.410. The summed E-state index contributed by atoms with van der Waals surface area (Å²) < 4.78 is 0. The maximum absolute atomic E-state index is 10.00. The van der Waals surface area contributed by atoms with E-state index in [0.29, 0.717) is 6.42 Å². The van der Waals surface area contributed by atoms with Gasteiger partial charge in [-0.25, -0.2) is 0 Å². The summed E-state index contributed by atoms with van der Waals surface area (Å²) in [6.45, 7) is 0.755. The second-order valence-corrected chi connectivity index (χ2v) is 1.97. The molecule has 0 radical (unpaired) electrons. The second-order valence-electron chi connectivity index (χ2n) is 1.97. The van der Waals surface area contributed by atoms with E-state index >= 15 is 0 Å². The van der Waals surface area contributed by atoms with Crippen LogP contribution in [0.1, 0.15) is 6.42 Å². The highest BCUT2D eigenvalue weighted by atomic mass is 16.3. The Morgan fingerprint density at radius 2 is 2.50 bits per heavy atom. The monoisotopic (exact) mass is 115 g/mol. The molecular weight excluding hydrogens is 106 g/mol. The molecule has 0 bridgehead atoms. The molecule has 2 N–H and O–H groups in total. The third-order valence-corrected chi connectivity index (χ3v) is 1.38. The van der Waals surface area contributed by atoms with Crippen LogP contribution in [0.15, 0.2) is 0 Å². The molecule has 2 atom stereocenters. The van der Waals surface area contributed by atoms with Gasteiger partial charge in [0.15, 0.2) is 0 Å². The maximum Gasteiger partial charge on any atom is 0.139 e. The highest BCUT2D eigenvalue weighted by molar-refractivity contribution is 5.59. The molecule has 0 aromatic rings. The van der Waals surface area contributed by atoms with Crippen molar-refractivity contribution < 1.29 is 9.90 Å². The zero-order valence-electron chi connectivity index (χ0n) is 4.50. The lowest BCUT2D eigenvalue weighted by atomic mass is 10.2. The lowest BCUT2D eigenvalue weighted by Crippen LogP contribution is -2.31. The van der Waals surface area contributed by atoms with Gasteiger partial charge >= 0.3 is 0 Å². The van der Waals surface area contributed by atoms with E-state index in [1.54, 1.807) is 0 Å². The maximum atomic E-state index is 10.00. The van der Waals surface area contributed by atoms with Crippen molar-refractivity contribution in [1.29, 1.82) is 0 Å². The Bertz CT molecular complexity index is 94.4. The van der Waals surface area contributed by atoms with Crippen LogP contribution in [0.25, 0.3) is 0 Å². The molecule has 1 heterocycles. The van der Waals surface area contributed by atoms with Crippen molar-refractivity contribution >= 4 is 6.29 Å². The van der Waals surface area contributed by atoms with Crippen LogP contribution in [0.5, 0.6) is 0 Å². The first-order valence-electron chi connectivity index (χ1n) is 2.71. The van der Waals surface area contributed by atoms with Crippen molar-refractivity contribution in [2.45, 2.75) is 18.6 Å². The van der Waals surface area contributed by atoms with Crippen LogP contribution >= 0.6 is 0 Å². The summed E-state index contributed by atoms with van der Waals surface area (Å²) in [5.41, 5.74) is 0. The van der Waals surface area contributed by atoms with Crippen molar-refractivity contribution in [2.75, 3.05) is 6.54 Å². The molecule has 1 aliphatic rings. The second kappa shape index (κ2) is 2.24. The minimum Gasteiger partial charge on any atom is -0.391 e. The highest BCUT2D eigenvalue weighted by Gasteiger charge is 2.22. The van der Waals surface area contributed by atoms with Crippen molar-refractivity contribution in [2.24, 2.45) is 0 Å². The molecular formula is C5H9NO2. The van der Waals surface area contributed by atoms with Gasteiger partial charge in [-0.1, -0.05) is 0 Å². The molecule has 0 aromatic carbocycles. The van der Waals surface area contributed by atoms with Crippen LogP contribution in [0.2, 0.25) is 0 Å². The van der Waals surface area contributed by atoms with Crippen molar-refractivity contribution in [1.82, 2.24) is 5.32 Å². The quantitative estimate of drug-likeness (QED) is 0.427. The van der Waals surface area contributed by atoms with Gasteiger partial charge < -0.3 is 15.2 Å². The molecule has 0 aromatic heterocycles. The fourth-order valence-electron chi connectivity index (χ4n) is 0.852. The lowest BCUT2D eigenvalue weighted by molar-refractivity contribution is -0.110. The van der Waals surface area contributed by atoms with Gasteiger partial charge in [-0.15, -0.1) is 0 Å². The topological polar surface area (TPSA) is 49.3 Å². The van der Waals surface area contributed by atoms with Gasteiger partial charge in [0.2, 0.25) is 0 Å². The van der Waals surface area contributed by atoms with Crippen LogP contribution in [-0.2, 0) is 4.79 Å². The molecule has 0 saturated carbocycles. The minimum atomic E-state index is -0.451. The molecule has 1 rings (SSSR count). The van der Waals surface area contributed by atoms with Crippen molar-refractivity contribution in [3.8, 4) is 0 Å². The number of hydrogen-bond acceptors (Lipinski definition) is 3. The van der Waals surface area contributed by atoms with Gasteiger partial charge in [-0.3, -0.25) is 0 Å². The predicted molar refractivity (Wildman–Crippen MR) is 28.5 cm³/mol. The fourth-order valence-corrected chi connectivity index (χ4v) is 0.852. The third kappa shape index (κ3) is 0.877. The van der Waals surface area contributed by atoms with E-state index < -0.39 is 6.10 Å². The lowest BCUT2D eigenvalue weighted by Gasteiger charge is -2.03.